The van der Waals surface area contributed by atoms with E-state index in [2.05, 4.69) is 15.0 Å². The lowest BCUT2D eigenvalue weighted by atomic mass is 10.2. The van der Waals surface area contributed by atoms with Crippen LogP contribution < -0.4 is 0 Å². The van der Waals surface area contributed by atoms with Crippen molar-refractivity contribution in [3.05, 3.63) is 29.2 Å². The van der Waals surface area contributed by atoms with E-state index in [0.29, 0.717) is 12.4 Å². The average molecular weight is 353 g/mol. The van der Waals surface area contributed by atoms with E-state index in [4.69, 9.17) is 0 Å². The summed E-state index contributed by atoms with van der Waals surface area (Å²) >= 11 is 1.51. The first-order valence-electron chi connectivity index (χ1n) is 7.34. The van der Waals surface area contributed by atoms with Crippen LogP contribution in [0.1, 0.15) is 30.4 Å². The third-order valence-corrected chi connectivity index (χ3v) is 6.53. The van der Waals surface area contributed by atoms with Crippen molar-refractivity contribution in [2.24, 2.45) is 0 Å². The molecule has 0 radical (unpaired) electrons. The molecule has 1 aliphatic heterocycles. The fourth-order valence-corrected chi connectivity index (χ4v) is 4.58. The van der Waals surface area contributed by atoms with Gasteiger partial charge in [-0.3, -0.25) is 0 Å². The molecule has 7 nitrogen and oxygen atoms in total. The molecule has 0 N–H and O–H groups in total. The van der Waals surface area contributed by atoms with Crippen molar-refractivity contribution in [1.29, 1.82) is 0 Å². The lowest BCUT2D eigenvalue weighted by Gasteiger charge is -2.26. The molecule has 0 aromatic carbocycles. The summed E-state index contributed by atoms with van der Waals surface area (Å²) in [6, 6.07) is 1.56. The van der Waals surface area contributed by atoms with Crippen LogP contribution in [-0.2, 0) is 10.2 Å². The van der Waals surface area contributed by atoms with E-state index < -0.39 is 10.2 Å². The number of hydrogen-bond acceptors (Lipinski definition) is 6. The Hall–Kier alpha value is -1.42. The van der Waals surface area contributed by atoms with Gasteiger partial charge in [-0.1, -0.05) is 0 Å². The van der Waals surface area contributed by atoms with Crippen molar-refractivity contribution in [2.75, 3.05) is 20.6 Å². The summed E-state index contributed by atoms with van der Waals surface area (Å²) in [4.78, 5) is 13.4. The molecule has 23 heavy (non-hydrogen) atoms. The smallest absolute Gasteiger partial charge is 0.243 e. The molecule has 1 saturated heterocycles. The van der Waals surface area contributed by atoms with Gasteiger partial charge < -0.3 is 0 Å². The highest BCUT2D eigenvalue weighted by atomic mass is 32.2. The molecule has 2 aromatic rings. The molecule has 0 spiro atoms. The molecule has 9 heteroatoms. The fourth-order valence-electron chi connectivity index (χ4n) is 2.68. The van der Waals surface area contributed by atoms with Crippen LogP contribution in [0.2, 0.25) is 0 Å². The maximum Gasteiger partial charge on any atom is 0.282 e. The predicted octanol–water partition coefficient (Wildman–Crippen LogP) is 1.85. The van der Waals surface area contributed by atoms with Crippen LogP contribution in [-0.4, -0.2) is 52.6 Å². The van der Waals surface area contributed by atoms with Crippen LogP contribution in [0.3, 0.4) is 0 Å². The molecule has 3 rings (SSSR count). The zero-order valence-electron chi connectivity index (χ0n) is 13.3. The third kappa shape index (κ3) is 3.14. The molecular weight excluding hydrogens is 334 g/mol. The first-order chi connectivity index (χ1) is 10.9. The predicted molar refractivity (Wildman–Crippen MR) is 89.2 cm³/mol. The van der Waals surface area contributed by atoms with Gasteiger partial charge in [-0.25, -0.2) is 15.0 Å². The summed E-state index contributed by atoms with van der Waals surface area (Å²) < 4.78 is 27.7. The Labute approximate surface area is 140 Å². The van der Waals surface area contributed by atoms with E-state index in [1.54, 1.807) is 20.3 Å². The Morgan fingerprint density at radius 2 is 2.13 bits per heavy atom. The number of hydrogen-bond donors (Lipinski definition) is 0. The van der Waals surface area contributed by atoms with Gasteiger partial charge in [-0.2, -0.15) is 17.0 Å². The van der Waals surface area contributed by atoms with Crippen molar-refractivity contribution in [2.45, 2.75) is 25.8 Å². The molecule has 1 atom stereocenters. The highest BCUT2D eigenvalue weighted by Gasteiger charge is 2.38. The van der Waals surface area contributed by atoms with Gasteiger partial charge in [0.1, 0.15) is 16.5 Å². The second-order valence-corrected chi connectivity index (χ2v) is 8.64. The summed E-state index contributed by atoms with van der Waals surface area (Å²) in [7, 11) is -0.391. The maximum atomic E-state index is 12.5. The number of nitrogens with zero attached hydrogens (tertiary/aromatic N) is 5. The zero-order valence-corrected chi connectivity index (χ0v) is 14.9. The molecule has 1 fully saturated rings. The first kappa shape index (κ1) is 16.4. The number of rotatable bonds is 4. The van der Waals surface area contributed by atoms with Crippen LogP contribution in [0.25, 0.3) is 10.7 Å². The van der Waals surface area contributed by atoms with Gasteiger partial charge in [0.15, 0.2) is 0 Å². The van der Waals surface area contributed by atoms with Gasteiger partial charge in [-0.05, 0) is 25.8 Å². The molecule has 0 aliphatic carbocycles. The van der Waals surface area contributed by atoms with Gasteiger partial charge in [0, 0.05) is 37.9 Å². The minimum absolute atomic E-state index is 0.319. The van der Waals surface area contributed by atoms with Crippen LogP contribution in [0, 0.1) is 6.92 Å². The number of aromatic nitrogens is 3. The third-order valence-electron chi connectivity index (χ3n) is 3.78. The standard InChI is InChI=1S/C14H19N5O2S2/c1-10-9-11(14-15-6-8-22-14)17-13(16-10)12-5-4-7-19(12)23(20,21)18(2)3/h6,8-9,12H,4-5,7H2,1-3H3/t12-/m0/s1. The topological polar surface area (TPSA) is 79.3 Å². The molecular formula is C14H19N5O2S2. The van der Waals surface area contributed by atoms with Crippen molar-refractivity contribution < 1.29 is 8.42 Å². The molecule has 3 heterocycles. The van der Waals surface area contributed by atoms with Crippen LogP contribution in [0.5, 0.6) is 0 Å². The van der Waals surface area contributed by atoms with E-state index in [9.17, 15) is 8.42 Å². The lowest BCUT2D eigenvalue weighted by molar-refractivity contribution is 0.352. The van der Waals surface area contributed by atoms with Gasteiger partial charge in [0.2, 0.25) is 0 Å². The molecule has 124 valence electrons. The van der Waals surface area contributed by atoms with Gasteiger partial charge in [0.05, 0.1) is 6.04 Å². The molecule has 0 bridgehead atoms. The van der Waals surface area contributed by atoms with Crippen molar-refractivity contribution >= 4 is 21.5 Å². The Balaban J connectivity index is 2.01. The van der Waals surface area contributed by atoms with E-state index in [1.165, 1.54) is 19.9 Å². The molecule has 2 aromatic heterocycles. The highest BCUT2D eigenvalue weighted by molar-refractivity contribution is 7.86. The Kier molecular flexibility index (Phi) is 4.45. The normalized spacial score (nSPS) is 19.6. The largest absolute Gasteiger partial charge is 0.282 e. The van der Waals surface area contributed by atoms with Crippen LogP contribution in [0.4, 0.5) is 0 Å². The monoisotopic (exact) mass is 353 g/mol. The minimum Gasteiger partial charge on any atom is -0.243 e. The van der Waals surface area contributed by atoms with Crippen LogP contribution in [0.15, 0.2) is 17.6 Å². The second-order valence-electron chi connectivity index (χ2n) is 5.65. The summed E-state index contributed by atoms with van der Waals surface area (Å²) in [5.74, 6) is 0.554. The summed E-state index contributed by atoms with van der Waals surface area (Å²) in [5, 5.41) is 2.71. The van der Waals surface area contributed by atoms with Crippen LogP contribution >= 0.6 is 11.3 Å². The van der Waals surface area contributed by atoms with Crippen molar-refractivity contribution in [1.82, 2.24) is 23.6 Å². The average Bonchev–Trinajstić information content (AvgIpc) is 3.18. The number of aryl methyl sites for hydroxylation is 1. The Morgan fingerprint density at radius 3 is 2.78 bits per heavy atom. The first-order valence-corrected chi connectivity index (χ1v) is 9.62. The molecule has 0 saturated carbocycles. The minimum atomic E-state index is -3.48. The SMILES string of the molecule is Cc1cc(-c2nccs2)nc([C@@H]2CCCN2S(=O)(=O)N(C)C)n1. The highest BCUT2D eigenvalue weighted by Crippen LogP contribution is 2.34. The van der Waals surface area contributed by atoms with Gasteiger partial charge >= 0.3 is 0 Å². The van der Waals surface area contributed by atoms with Crippen molar-refractivity contribution in [3.63, 3.8) is 0 Å². The summed E-state index contributed by atoms with van der Waals surface area (Å²) in [6.45, 7) is 2.39. The second kappa shape index (κ2) is 6.23. The van der Waals surface area contributed by atoms with Gasteiger partial charge in [-0.15, -0.1) is 11.3 Å². The van der Waals surface area contributed by atoms with Crippen molar-refractivity contribution in [3.8, 4) is 10.7 Å². The van der Waals surface area contributed by atoms with E-state index >= 15 is 0 Å². The summed E-state index contributed by atoms with van der Waals surface area (Å²) in [6.07, 6.45) is 3.27. The zero-order chi connectivity index (χ0) is 16.6. The Bertz CT molecular complexity index is 790. The van der Waals surface area contributed by atoms with Gasteiger partial charge in [0.25, 0.3) is 10.2 Å². The van der Waals surface area contributed by atoms with E-state index in [0.717, 1.165) is 29.2 Å². The maximum absolute atomic E-state index is 12.5. The lowest BCUT2D eigenvalue weighted by Crippen LogP contribution is -2.40. The van der Waals surface area contributed by atoms with E-state index in [1.807, 2.05) is 18.4 Å². The summed E-state index contributed by atoms with van der Waals surface area (Å²) in [5.41, 5.74) is 1.56. The van der Waals surface area contributed by atoms with E-state index in [-0.39, 0.29) is 6.04 Å². The fraction of sp³-hybridized carbons (Fsp3) is 0.500. The molecule has 0 unspecified atom stereocenters. The molecule has 0 amide bonds. The quantitative estimate of drug-likeness (QED) is 0.838. The Morgan fingerprint density at radius 1 is 1.35 bits per heavy atom. The number of thiazole rings is 1. The molecule has 1 aliphatic rings.